The summed E-state index contributed by atoms with van der Waals surface area (Å²) in [6, 6.07) is 0. The van der Waals surface area contributed by atoms with Crippen molar-refractivity contribution in [1.29, 1.82) is 0 Å². The predicted molar refractivity (Wildman–Crippen MR) is 113 cm³/mol. The smallest absolute Gasteiger partial charge is 0.331 e. The second kappa shape index (κ2) is 11.8. The van der Waals surface area contributed by atoms with Crippen molar-refractivity contribution in [3.8, 4) is 0 Å². The molecule has 0 aromatic carbocycles. The molecule has 0 spiro atoms. The highest BCUT2D eigenvalue weighted by Gasteiger charge is 2.26. The zero-order valence-corrected chi connectivity index (χ0v) is 17.7. The van der Waals surface area contributed by atoms with Gasteiger partial charge in [0.15, 0.2) is 0 Å². The van der Waals surface area contributed by atoms with Gasteiger partial charge in [-0.3, -0.25) is 0 Å². The number of rotatable bonds is 9. The zero-order chi connectivity index (χ0) is 20.3. The third-order valence-corrected chi connectivity index (χ3v) is 4.92. The number of esters is 1. The van der Waals surface area contributed by atoms with Gasteiger partial charge in [0.25, 0.3) is 0 Å². The van der Waals surface area contributed by atoms with Gasteiger partial charge in [-0.1, -0.05) is 55.4 Å². The van der Waals surface area contributed by atoms with E-state index >= 15 is 0 Å². The van der Waals surface area contributed by atoms with E-state index in [0.717, 1.165) is 5.57 Å². The Morgan fingerprint density at radius 3 is 2.59 bits per heavy atom. The van der Waals surface area contributed by atoms with Crippen LogP contribution < -0.4 is 0 Å². The maximum atomic E-state index is 11.7. The van der Waals surface area contributed by atoms with Crippen molar-refractivity contribution in [2.24, 2.45) is 5.41 Å². The Labute approximate surface area is 165 Å². The first kappa shape index (κ1) is 23.2. The highest BCUT2D eigenvalue weighted by Crippen LogP contribution is 2.40. The standard InChI is InChI=1S/C24H36O3/c1-19(13-14-22-21(3)12-9-15-24(22,4)5)10-8-11-20(2)18-23(26)27-17-7-6-16-25/h8,10-11,13-14,18,25H,6-7,9,12,15-17H2,1-5H3. The molecule has 1 aliphatic carbocycles. The summed E-state index contributed by atoms with van der Waals surface area (Å²) in [6.45, 7) is 11.3. The molecule has 0 aliphatic heterocycles. The van der Waals surface area contributed by atoms with Crippen LogP contribution in [0.3, 0.4) is 0 Å². The highest BCUT2D eigenvalue weighted by atomic mass is 16.5. The van der Waals surface area contributed by atoms with E-state index < -0.39 is 0 Å². The third kappa shape index (κ3) is 9.05. The largest absolute Gasteiger partial charge is 0.463 e. The maximum absolute atomic E-state index is 11.7. The Bertz CT molecular complexity index is 643. The lowest BCUT2D eigenvalue weighted by Gasteiger charge is -2.32. The molecule has 1 rings (SSSR count). The van der Waals surface area contributed by atoms with Gasteiger partial charge in [-0.05, 0) is 69.4 Å². The van der Waals surface area contributed by atoms with E-state index in [9.17, 15) is 4.79 Å². The SMILES string of the molecule is CC(C=CC1=C(C)CCCC1(C)C)=CC=CC(C)=CC(=O)OCCCCO. The number of hydrogen-bond acceptors (Lipinski definition) is 3. The van der Waals surface area contributed by atoms with Crippen molar-refractivity contribution in [2.75, 3.05) is 13.2 Å². The Morgan fingerprint density at radius 2 is 1.93 bits per heavy atom. The topological polar surface area (TPSA) is 46.5 Å². The fourth-order valence-corrected chi connectivity index (χ4v) is 3.29. The van der Waals surface area contributed by atoms with Gasteiger partial charge in [0.1, 0.15) is 0 Å². The van der Waals surface area contributed by atoms with Crippen LogP contribution in [0.4, 0.5) is 0 Å². The van der Waals surface area contributed by atoms with Crippen LogP contribution in [0.1, 0.15) is 66.7 Å². The average Bonchev–Trinajstić information content (AvgIpc) is 2.57. The molecule has 0 bridgehead atoms. The molecule has 1 aliphatic rings. The minimum Gasteiger partial charge on any atom is -0.463 e. The normalized spacial score (nSPS) is 18.6. The second-order valence-corrected chi connectivity index (χ2v) is 8.02. The van der Waals surface area contributed by atoms with Crippen LogP contribution >= 0.6 is 0 Å². The molecule has 0 heterocycles. The predicted octanol–water partition coefficient (Wildman–Crippen LogP) is 5.83. The Hall–Kier alpha value is -1.87. The summed E-state index contributed by atoms with van der Waals surface area (Å²) in [7, 11) is 0. The molecule has 0 saturated heterocycles. The fourth-order valence-electron chi connectivity index (χ4n) is 3.29. The van der Waals surface area contributed by atoms with Crippen LogP contribution in [-0.2, 0) is 9.53 Å². The monoisotopic (exact) mass is 372 g/mol. The van der Waals surface area contributed by atoms with Gasteiger partial charge in [-0.25, -0.2) is 4.79 Å². The first-order valence-electron chi connectivity index (χ1n) is 9.95. The van der Waals surface area contributed by atoms with Crippen LogP contribution in [-0.4, -0.2) is 24.3 Å². The van der Waals surface area contributed by atoms with Crippen molar-refractivity contribution >= 4 is 5.97 Å². The van der Waals surface area contributed by atoms with Gasteiger partial charge in [0.05, 0.1) is 6.61 Å². The van der Waals surface area contributed by atoms with Crippen molar-refractivity contribution in [3.05, 3.63) is 58.7 Å². The molecule has 0 unspecified atom stereocenters. The Kier molecular flexibility index (Phi) is 10.1. The molecule has 0 atom stereocenters. The van der Waals surface area contributed by atoms with E-state index in [2.05, 4.69) is 39.8 Å². The summed E-state index contributed by atoms with van der Waals surface area (Å²) < 4.78 is 5.09. The lowest BCUT2D eigenvalue weighted by Crippen LogP contribution is -2.19. The molecule has 1 N–H and O–H groups in total. The summed E-state index contributed by atoms with van der Waals surface area (Å²) in [4.78, 5) is 11.7. The molecule has 0 radical (unpaired) electrons. The van der Waals surface area contributed by atoms with Gasteiger partial charge in [-0.15, -0.1) is 0 Å². The van der Waals surface area contributed by atoms with E-state index in [1.807, 2.05) is 25.2 Å². The number of hydrogen-bond donors (Lipinski definition) is 1. The molecule has 3 nitrogen and oxygen atoms in total. The number of carbonyl (C=O) groups is 1. The minimum atomic E-state index is -0.336. The van der Waals surface area contributed by atoms with Crippen LogP contribution in [0.2, 0.25) is 0 Å². The quantitative estimate of drug-likeness (QED) is 0.240. The zero-order valence-electron chi connectivity index (χ0n) is 17.7. The van der Waals surface area contributed by atoms with Crippen molar-refractivity contribution in [1.82, 2.24) is 0 Å². The Morgan fingerprint density at radius 1 is 1.19 bits per heavy atom. The molecule has 27 heavy (non-hydrogen) atoms. The van der Waals surface area contributed by atoms with Crippen LogP contribution in [0.15, 0.2) is 58.7 Å². The van der Waals surface area contributed by atoms with Gasteiger partial charge in [-0.2, -0.15) is 0 Å². The van der Waals surface area contributed by atoms with Crippen molar-refractivity contribution in [3.63, 3.8) is 0 Å². The minimum absolute atomic E-state index is 0.129. The number of allylic oxidation sites excluding steroid dienone is 9. The van der Waals surface area contributed by atoms with Crippen molar-refractivity contribution in [2.45, 2.75) is 66.7 Å². The number of aliphatic hydroxyl groups is 1. The summed E-state index contributed by atoms with van der Waals surface area (Å²) in [5.74, 6) is -0.336. The summed E-state index contributed by atoms with van der Waals surface area (Å²) in [5.41, 5.74) is 5.24. The number of carbonyl (C=O) groups excluding carboxylic acids is 1. The molecule has 0 saturated carbocycles. The van der Waals surface area contributed by atoms with Gasteiger partial charge in [0.2, 0.25) is 0 Å². The molecule has 0 fully saturated rings. The highest BCUT2D eigenvalue weighted by molar-refractivity contribution is 5.83. The fraction of sp³-hybridized carbons (Fsp3) is 0.542. The van der Waals surface area contributed by atoms with Crippen LogP contribution in [0.25, 0.3) is 0 Å². The van der Waals surface area contributed by atoms with E-state index in [4.69, 9.17) is 9.84 Å². The first-order valence-corrected chi connectivity index (χ1v) is 9.95. The summed E-state index contributed by atoms with van der Waals surface area (Å²) in [5, 5.41) is 8.70. The lowest BCUT2D eigenvalue weighted by atomic mass is 9.72. The summed E-state index contributed by atoms with van der Waals surface area (Å²) >= 11 is 0. The molecular weight excluding hydrogens is 336 g/mol. The molecule has 150 valence electrons. The Balaban J connectivity index is 2.60. The van der Waals surface area contributed by atoms with E-state index in [0.29, 0.717) is 19.4 Å². The van der Waals surface area contributed by atoms with Gasteiger partial charge >= 0.3 is 5.97 Å². The van der Waals surface area contributed by atoms with E-state index in [1.165, 1.54) is 42.1 Å². The number of ether oxygens (including phenoxy) is 1. The lowest BCUT2D eigenvalue weighted by molar-refractivity contribution is -0.137. The molecule has 0 amide bonds. The van der Waals surface area contributed by atoms with E-state index in [1.54, 1.807) is 0 Å². The molecule has 3 heteroatoms. The molecule has 0 aromatic heterocycles. The molecular formula is C24H36O3. The second-order valence-electron chi connectivity index (χ2n) is 8.02. The molecule has 0 aromatic rings. The van der Waals surface area contributed by atoms with Gasteiger partial charge < -0.3 is 9.84 Å². The average molecular weight is 373 g/mol. The van der Waals surface area contributed by atoms with Crippen LogP contribution in [0, 0.1) is 5.41 Å². The maximum Gasteiger partial charge on any atom is 0.331 e. The third-order valence-electron chi connectivity index (χ3n) is 4.92. The van der Waals surface area contributed by atoms with Crippen molar-refractivity contribution < 1.29 is 14.6 Å². The van der Waals surface area contributed by atoms with Crippen LogP contribution in [0.5, 0.6) is 0 Å². The van der Waals surface area contributed by atoms with Gasteiger partial charge in [0, 0.05) is 12.7 Å². The number of aliphatic hydroxyl groups excluding tert-OH is 1. The number of unbranched alkanes of at least 4 members (excludes halogenated alkanes) is 1. The first-order chi connectivity index (χ1) is 12.8. The van der Waals surface area contributed by atoms with E-state index in [-0.39, 0.29) is 18.0 Å². The summed E-state index contributed by atoms with van der Waals surface area (Å²) in [6.07, 6.45) is 16.9.